The van der Waals surface area contributed by atoms with Crippen LogP contribution in [0.3, 0.4) is 0 Å². The van der Waals surface area contributed by atoms with Gasteiger partial charge in [-0.3, -0.25) is 14.3 Å². The zero-order chi connectivity index (χ0) is 24.8. The molecule has 0 atom stereocenters. The maximum Gasteiger partial charge on any atom is 0.417 e. The monoisotopic (exact) mass is 493 g/mol. The molecule has 3 aromatic carbocycles. The first-order valence-electron chi connectivity index (χ1n) is 9.62. The van der Waals surface area contributed by atoms with Crippen molar-refractivity contribution in [2.45, 2.75) is 18.0 Å². The molecule has 0 saturated heterocycles. The first-order chi connectivity index (χ1) is 15.8. The van der Waals surface area contributed by atoms with Crippen molar-refractivity contribution < 1.29 is 26.0 Å². The van der Waals surface area contributed by atoms with E-state index < -0.39 is 38.7 Å². The summed E-state index contributed by atoms with van der Waals surface area (Å²) in [4.78, 5) is 27.3. The molecule has 0 spiro atoms. The third kappa shape index (κ3) is 4.44. The number of H-pyrrole nitrogens is 2. The van der Waals surface area contributed by atoms with Gasteiger partial charge in [0.1, 0.15) is 5.82 Å². The molecule has 0 aliphatic rings. The molecule has 0 aliphatic heterocycles. The summed E-state index contributed by atoms with van der Waals surface area (Å²) < 4.78 is 82.5. The van der Waals surface area contributed by atoms with Gasteiger partial charge in [-0.05, 0) is 60.0 Å². The average Bonchev–Trinajstić information content (AvgIpc) is 2.74. The lowest BCUT2D eigenvalue weighted by atomic mass is 9.98. The number of halogens is 4. The highest BCUT2D eigenvalue weighted by molar-refractivity contribution is 7.92. The number of fused-ring (bicyclic) bond motifs is 1. The fourth-order valence-corrected chi connectivity index (χ4v) is 4.78. The standard InChI is InChI=1S/C22H15F4N3O4S/c1-11-8-17-18(28-21(31)20(30)27-17)10-19(11)34(32,33)29-14-6-7-15(16(9-14)22(24,25)26)12-2-4-13(23)5-3-12/h2-10,29H,1H3,(H,27,30)(H,28,31). The Morgan fingerprint density at radius 1 is 0.853 bits per heavy atom. The number of rotatable bonds is 4. The highest BCUT2D eigenvalue weighted by atomic mass is 32.2. The molecular formula is C22H15F4N3O4S. The van der Waals surface area contributed by atoms with Crippen molar-refractivity contribution in [1.29, 1.82) is 0 Å². The summed E-state index contributed by atoms with van der Waals surface area (Å²) in [7, 11) is -4.38. The zero-order valence-corrected chi connectivity index (χ0v) is 18.1. The summed E-state index contributed by atoms with van der Waals surface area (Å²) >= 11 is 0. The van der Waals surface area contributed by atoms with E-state index in [0.717, 1.165) is 30.3 Å². The predicted molar refractivity (Wildman–Crippen MR) is 118 cm³/mol. The van der Waals surface area contributed by atoms with Crippen molar-refractivity contribution >= 4 is 26.7 Å². The number of anilines is 1. The van der Waals surface area contributed by atoms with Crippen LogP contribution in [0, 0.1) is 12.7 Å². The minimum atomic E-state index is -4.82. The Balaban J connectivity index is 1.78. The smallest absolute Gasteiger partial charge is 0.316 e. The topological polar surface area (TPSA) is 112 Å². The lowest BCUT2D eigenvalue weighted by molar-refractivity contribution is -0.137. The van der Waals surface area contributed by atoms with E-state index in [0.29, 0.717) is 6.07 Å². The first kappa shape index (κ1) is 23.2. The molecule has 7 nitrogen and oxygen atoms in total. The van der Waals surface area contributed by atoms with E-state index in [1.54, 1.807) is 0 Å². The lowest BCUT2D eigenvalue weighted by Crippen LogP contribution is -2.29. The molecule has 1 aromatic heterocycles. The first-order valence-corrected chi connectivity index (χ1v) is 11.1. The van der Waals surface area contributed by atoms with Gasteiger partial charge in [0, 0.05) is 5.69 Å². The van der Waals surface area contributed by atoms with E-state index in [2.05, 4.69) is 14.7 Å². The minimum absolute atomic E-state index is 0.0261. The van der Waals surface area contributed by atoms with Gasteiger partial charge >= 0.3 is 17.3 Å². The molecule has 3 N–H and O–H groups in total. The average molecular weight is 493 g/mol. The second-order valence-electron chi connectivity index (χ2n) is 7.44. The maximum atomic E-state index is 13.7. The molecule has 0 aliphatic carbocycles. The van der Waals surface area contributed by atoms with E-state index in [9.17, 15) is 35.6 Å². The van der Waals surface area contributed by atoms with Crippen LogP contribution >= 0.6 is 0 Å². The molecule has 4 rings (SSSR count). The largest absolute Gasteiger partial charge is 0.417 e. The van der Waals surface area contributed by atoms with Crippen LogP contribution in [0.15, 0.2) is 69.1 Å². The summed E-state index contributed by atoms with van der Waals surface area (Å²) in [5.41, 5.74) is -3.13. The third-order valence-electron chi connectivity index (χ3n) is 5.04. The van der Waals surface area contributed by atoms with Gasteiger partial charge in [0.2, 0.25) is 0 Å². The molecule has 0 radical (unpaired) electrons. The van der Waals surface area contributed by atoms with Gasteiger partial charge in [-0.2, -0.15) is 13.2 Å². The zero-order valence-electron chi connectivity index (χ0n) is 17.2. The van der Waals surface area contributed by atoms with Crippen LogP contribution in [-0.4, -0.2) is 18.4 Å². The highest BCUT2D eigenvalue weighted by Gasteiger charge is 2.34. The molecule has 0 amide bonds. The molecule has 0 saturated carbocycles. The number of aromatic nitrogens is 2. The van der Waals surface area contributed by atoms with Crippen LogP contribution in [0.25, 0.3) is 22.2 Å². The normalized spacial score (nSPS) is 12.1. The van der Waals surface area contributed by atoms with Crippen LogP contribution < -0.4 is 15.8 Å². The number of sulfonamides is 1. The fourth-order valence-electron chi connectivity index (χ4n) is 3.48. The molecule has 34 heavy (non-hydrogen) atoms. The second-order valence-corrected chi connectivity index (χ2v) is 9.09. The summed E-state index contributed by atoms with van der Waals surface area (Å²) in [5.74, 6) is -0.613. The summed E-state index contributed by atoms with van der Waals surface area (Å²) in [6.07, 6.45) is -4.82. The van der Waals surface area contributed by atoms with Crippen LogP contribution in [0.1, 0.15) is 11.1 Å². The van der Waals surface area contributed by atoms with Crippen LogP contribution in [0.5, 0.6) is 0 Å². The Kier molecular flexibility index (Phi) is 5.56. The van der Waals surface area contributed by atoms with Crippen molar-refractivity contribution in [2.75, 3.05) is 4.72 Å². The van der Waals surface area contributed by atoms with E-state index in [4.69, 9.17) is 0 Å². The van der Waals surface area contributed by atoms with Gasteiger partial charge < -0.3 is 9.97 Å². The lowest BCUT2D eigenvalue weighted by Gasteiger charge is -2.16. The van der Waals surface area contributed by atoms with Crippen LogP contribution in [0.4, 0.5) is 23.2 Å². The molecular weight excluding hydrogens is 478 g/mol. The Morgan fingerprint density at radius 3 is 2.03 bits per heavy atom. The highest BCUT2D eigenvalue weighted by Crippen LogP contribution is 2.39. The van der Waals surface area contributed by atoms with Gasteiger partial charge in [0.25, 0.3) is 10.0 Å². The SMILES string of the molecule is Cc1cc2[nH]c(=O)c(=O)[nH]c2cc1S(=O)(=O)Nc1ccc(-c2ccc(F)cc2)c(C(F)(F)F)c1. The fraction of sp³-hybridized carbons (Fsp3) is 0.0909. The van der Waals surface area contributed by atoms with Gasteiger partial charge in [0.15, 0.2) is 0 Å². The number of aryl methyl sites for hydroxylation is 1. The summed E-state index contributed by atoms with van der Waals surface area (Å²) in [5, 5.41) is 0. The number of benzene rings is 3. The maximum absolute atomic E-state index is 13.7. The minimum Gasteiger partial charge on any atom is -0.316 e. The van der Waals surface area contributed by atoms with Crippen molar-refractivity contribution in [3.8, 4) is 11.1 Å². The van der Waals surface area contributed by atoms with Crippen molar-refractivity contribution in [3.05, 3.63) is 92.2 Å². The van der Waals surface area contributed by atoms with E-state index >= 15 is 0 Å². The predicted octanol–water partition coefficient (Wildman–Crippen LogP) is 4.15. The molecule has 0 fully saturated rings. The van der Waals surface area contributed by atoms with E-state index in [1.807, 2.05) is 0 Å². The Hall–Kier alpha value is -3.93. The summed E-state index contributed by atoms with van der Waals surface area (Å²) in [6, 6.07) is 9.72. The number of hydrogen-bond acceptors (Lipinski definition) is 4. The van der Waals surface area contributed by atoms with Crippen molar-refractivity contribution in [2.24, 2.45) is 0 Å². The number of alkyl halides is 3. The molecule has 4 aromatic rings. The molecule has 0 unspecified atom stereocenters. The number of hydrogen-bond donors (Lipinski definition) is 3. The van der Waals surface area contributed by atoms with Gasteiger partial charge in [-0.25, -0.2) is 12.8 Å². The van der Waals surface area contributed by atoms with Gasteiger partial charge in [0.05, 0.1) is 21.5 Å². The number of nitrogens with one attached hydrogen (secondary N) is 3. The van der Waals surface area contributed by atoms with E-state index in [1.165, 1.54) is 25.1 Å². The quantitative estimate of drug-likeness (QED) is 0.293. The third-order valence-corrected chi connectivity index (χ3v) is 6.56. The molecule has 1 heterocycles. The van der Waals surface area contributed by atoms with Crippen LogP contribution in [0.2, 0.25) is 0 Å². The van der Waals surface area contributed by atoms with Crippen LogP contribution in [-0.2, 0) is 16.2 Å². The van der Waals surface area contributed by atoms with Gasteiger partial charge in [-0.1, -0.05) is 18.2 Å². The summed E-state index contributed by atoms with van der Waals surface area (Å²) in [6.45, 7) is 1.43. The van der Waals surface area contributed by atoms with Crippen molar-refractivity contribution in [3.63, 3.8) is 0 Å². The molecule has 12 heteroatoms. The second kappa shape index (κ2) is 8.13. The molecule has 0 bridgehead atoms. The number of aromatic amines is 2. The Labute approximate surface area is 189 Å². The van der Waals surface area contributed by atoms with Gasteiger partial charge in [-0.15, -0.1) is 0 Å². The molecule has 176 valence electrons. The Bertz CT molecular complexity index is 1640. The Morgan fingerprint density at radius 2 is 1.44 bits per heavy atom. The van der Waals surface area contributed by atoms with Crippen molar-refractivity contribution in [1.82, 2.24) is 9.97 Å². The van der Waals surface area contributed by atoms with E-state index in [-0.39, 0.29) is 38.3 Å².